The SMILES string of the molecule is CO[C@H]1CC2C=C[C@H]3[C@H]4O[C@]2(/C(C)=C/[C@@H](C)[C@@H]([C@@H](C)OC(=O)OCCN(CCO)CCO)OC1=O)[C@@H]3[C@H](O)[C@@H](C)[C@H]4OC(=O)c1ccc[nH]1. The highest BCUT2D eigenvalue weighted by Crippen LogP contribution is 2.61. The van der Waals surface area contributed by atoms with Crippen molar-refractivity contribution in [1.82, 2.24) is 9.88 Å². The smallest absolute Gasteiger partial charge is 0.456 e. The van der Waals surface area contributed by atoms with Crippen LogP contribution in [0.25, 0.3) is 0 Å². The number of carbonyl (C=O) groups excluding carboxylic acids is 3. The lowest BCUT2D eigenvalue weighted by atomic mass is 9.57. The summed E-state index contributed by atoms with van der Waals surface area (Å²) in [5, 5.41) is 30.3. The molecule has 49 heavy (non-hydrogen) atoms. The molecule has 0 amide bonds. The van der Waals surface area contributed by atoms with Crippen LogP contribution in [0.2, 0.25) is 0 Å². The number of nitrogens with zero attached hydrogens (tertiary/aromatic N) is 1. The minimum absolute atomic E-state index is 0.0309. The van der Waals surface area contributed by atoms with Crippen LogP contribution in [0.1, 0.15) is 44.6 Å². The van der Waals surface area contributed by atoms with E-state index in [4.69, 9.17) is 28.4 Å². The highest BCUT2D eigenvalue weighted by atomic mass is 16.7. The molecule has 4 N–H and O–H groups in total. The van der Waals surface area contributed by atoms with Gasteiger partial charge in [0.1, 0.15) is 42.3 Å². The van der Waals surface area contributed by atoms with Crippen molar-refractivity contribution in [2.45, 2.75) is 76.3 Å². The average Bonchev–Trinajstić information content (AvgIpc) is 3.67. The van der Waals surface area contributed by atoms with Gasteiger partial charge in [-0.15, -0.1) is 0 Å². The van der Waals surface area contributed by atoms with Crippen molar-refractivity contribution < 1.29 is 58.1 Å². The van der Waals surface area contributed by atoms with Crippen LogP contribution in [0, 0.1) is 29.6 Å². The number of cyclic esters (lactones) is 1. The minimum Gasteiger partial charge on any atom is -0.456 e. The number of carbonyl (C=O) groups is 3. The van der Waals surface area contributed by atoms with Gasteiger partial charge in [0.25, 0.3) is 0 Å². The molecule has 2 aliphatic carbocycles. The van der Waals surface area contributed by atoms with Crippen LogP contribution in [0.3, 0.4) is 0 Å². The summed E-state index contributed by atoms with van der Waals surface area (Å²) < 4.78 is 35.5. The lowest BCUT2D eigenvalue weighted by Crippen LogP contribution is -2.57. The first-order chi connectivity index (χ1) is 23.5. The molecule has 1 aromatic heterocycles. The van der Waals surface area contributed by atoms with E-state index in [-0.39, 0.29) is 44.6 Å². The van der Waals surface area contributed by atoms with Crippen molar-refractivity contribution in [2.75, 3.05) is 46.6 Å². The quantitative estimate of drug-likeness (QED) is 0.142. The Kier molecular flexibility index (Phi) is 11.9. The summed E-state index contributed by atoms with van der Waals surface area (Å²) in [6.45, 7) is 7.94. The Morgan fingerprint density at radius 2 is 1.90 bits per heavy atom. The number of aliphatic hydroxyl groups is 3. The number of hydrogen-bond donors (Lipinski definition) is 4. The van der Waals surface area contributed by atoms with E-state index in [1.54, 1.807) is 30.2 Å². The van der Waals surface area contributed by atoms with E-state index in [2.05, 4.69) is 4.98 Å². The maximum Gasteiger partial charge on any atom is 0.508 e. The first-order valence-electron chi connectivity index (χ1n) is 17.0. The molecule has 2 aliphatic heterocycles. The zero-order chi connectivity index (χ0) is 35.5. The molecule has 5 rings (SSSR count). The second-order valence-corrected chi connectivity index (χ2v) is 13.6. The van der Waals surface area contributed by atoms with Crippen molar-refractivity contribution in [1.29, 1.82) is 0 Å². The Bertz CT molecular complexity index is 1360. The van der Waals surface area contributed by atoms with Crippen LogP contribution >= 0.6 is 0 Å². The molecule has 1 aromatic rings. The summed E-state index contributed by atoms with van der Waals surface area (Å²) in [4.78, 5) is 43.9. The van der Waals surface area contributed by atoms with Gasteiger partial charge in [-0.05, 0) is 38.0 Å². The van der Waals surface area contributed by atoms with E-state index in [0.717, 1.165) is 5.57 Å². The number of H-pyrrole nitrogens is 1. The highest BCUT2D eigenvalue weighted by molar-refractivity contribution is 5.87. The zero-order valence-electron chi connectivity index (χ0n) is 28.7. The fourth-order valence-corrected chi connectivity index (χ4v) is 8.26. The fourth-order valence-electron chi connectivity index (χ4n) is 8.26. The molecule has 14 nitrogen and oxygen atoms in total. The third kappa shape index (κ3) is 7.31. The average molecular weight is 691 g/mol. The van der Waals surface area contributed by atoms with Gasteiger partial charge in [0.15, 0.2) is 6.10 Å². The minimum atomic E-state index is -1.05. The second-order valence-electron chi connectivity index (χ2n) is 13.6. The third-order valence-corrected chi connectivity index (χ3v) is 10.7. The number of hydrogen-bond acceptors (Lipinski definition) is 13. The molecule has 0 radical (unpaired) electrons. The van der Waals surface area contributed by atoms with Crippen molar-refractivity contribution >= 4 is 18.1 Å². The van der Waals surface area contributed by atoms with Crippen molar-refractivity contribution in [2.24, 2.45) is 29.6 Å². The summed E-state index contributed by atoms with van der Waals surface area (Å²) in [7, 11) is 1.43. The number of aliphatic hydroxyl groups excluding tert-OH is 3. The van der Waals surface area contributed by atoms with Crippen LogP contribution in [-0.4, -0.2) is 132 Å². The zero-order valence-corrected chi connectivity index (χ0v) is 28.7. The monoisotopic (exact) mass is 690 g/mol. The molecule has 2 fully saturated rings. The van der Waals surface area contributed by atoms with Gasteiger partial charge in [-0.2, -0.15) is 0 Å². The molecule has 14 heteroatoms. The summed E-state index contributed by atoms with van der Waals surface area (Å²) in [5.41, 5.74) is 0.0734. The molecule has 4 aliphatic rings. The number of nitrogens with one attached hydrogen (secondary N) is 1. The third-order valence-electron chi connectivity index (χ3n) is 10.7. The van der Waals surface area contributed by atoms with Gasteiger partial charge in [0, 0.05) is 62.5 Å². The van der Waals surface area contributed by atoms with E-state index in [0.29, 0.717) is 18.8 Å². The Balaban J connectivity index is 1.39. The van der Waals surface area contributed by atoms with E-state index >= 15 is 0 Å². The highest BCUT2D eigenvalue weighted by Gasteiger charge is 2.69. The number of esters is 2. The first kappa shape index (κ1) is 37.0. The van der Waals surface area contributed by atoms with Gasteiger partial charge in [0.05, 0.1) is 19.3 Å². The summed E-state index contributed by atoms with van der Waals surface area (Å²) in [6.07, 6.45) is 1.84. The van der Waals surface area contributed by atoms with Crippen LogP contribution in [0.15, 0.2) is 42.1 Å². The van der Waals surface area contributed by atoms with Gasteiger partial charge in [-0.25, -0.2) is 14.4 Å². The molecule has 1 saturated heterocycles. The molecular formula is C35H50N2O12. The van der Waals surface area contributed by atoms with Crippen molar-refractivity contribution in [3.63, 3.8) is 0 Å². The molecular weight excluding hydrogens is 640 g/mol. The lowest BCUT2D eigenvalue weighted by molar-refractivity contribution is -0.173. The normalized spacial score (nSPS) is 37.0. The predicted molar refractivity (Wildman–Crippen MR) is 173 cm³/mol. The second kappa shape index (κ2) is 15.7. The van der Waals surface area contributed by atoms with Crippen molar-refractivity contribution in [3.05, 3.63) is 47.8 Å². The van der Waals surface area contributed by atoms with Gasteiger partial charge in [0.2, 0.25) is 0 Å². The molecule has 1 saturated carbocycles. The maximum absolute atomic E-state index is 13.6. The van der Waals surface area contributed by atoms with Crippen LogP contribution in [-0.2, 0) is 33.2 Å². The Labute approximate surface area is 286 Å². The maximum atomic E-state index is 13.6. The standard InChI is InChI=1S/C35H50N2O12/c1-19-17-20(2)35-23(8-9-24-27(35)28(40)21(3)30(31(24)49-35)48-32(41)25-7-6-10-36-25)18-26(44-5)33(42)47-29(19)22(4)46-34(43)45-16-13-37(11-14-38)12-15-39/h6-10,17,19,21-24,26-31,36,38-40H,11-16,18H2,1-5H3/b20-17+/t19-,21-,22-,23?,24-,26+,27+,28-,29+,30-,31-,35+/m1/s1. The van der Waals surface area contributed by atoms with Gasteiger partial charge in [-0.3, -0.25) is 4.90 Å². The van der Waals surface area contributed by atoms with Gasteiger partial charge in [-0.1, -0.05) is 32.1 Å². The van der Waals surface area contributed by atoms with E-state index < -0.39 is 78.1 Å². The molecule has 272 valence electrons. The number of rotatable bonds is 12. The molecule has 0 aromatic carbocycles. The molecule has 1 spiro atoms. The van der Waals surface area contributed by atoms with Crippen molar-refractivity contribution in [3.8, 4) is 0 Å². The largest absolute Gasteiger partial charge is 0.508 e. The van der Waals surface area contributed by atoms with E-state index in [1.807, 2.05) is 39.0 Å². The number of methoxy groups -OCH3 is 1. The molecule has 3 heterocycles. The molecule has 4 bridgehead atoms. The first-order valence-corrected chi connectivity index (χ1v) is 17.0. The van der Waals surface area contributed by atoms with Gasteiger partial charge < -0.3 is 48.7 Å². The fraction of sp³-hybridized carbons (Fsp3) is 0.686. The lowest BCUT2D eigenvalue weighted by Gasteiger charge is -2.48. The molecule has 12 atom stereocenters. The number of ether oxygens (including phenoxy) is 6. The van der Waals surface area contributed by atoms with Crippen LogP contribution in [0.5, 0.6) is 0 Å². The summed E-state index contributed by atoms with van der Waals surface area (Å²) >= 11 is 0. The number of aromatic nitrogens is 1. The Morgan fingerprint density at radius 1 is 1.16 bits per heavy atom. The number of aromatic amines is 1. The summed E-state index contributed by atoms with van der Waals surface area (Å²) in [6, 6.07) is 3.34. The Morgan fingerprint density at radius 3 is 2.55 bits per heavy atom. The van der Waals surface area contributed by atoms with E-state index in [1.165, 1.54) is 7.11 Å². The summed E-state index contributed by atoms with van der Waals surface area (Å²) in [5.74, 6) is -3.10. The topological polar surface area (TPSA) is 186 Å². The Hall–Kier alpha value is -3.27. The van der Waals surface area contributed by atoms with Crippen LogP contribution < -0.4 is 0 Å². The predicted octanol–water partition coefficient (Wildman–Crippen LogP) is 1.85. The molecule has 1 unspecified atom stereocenters. The van der Waals surface area contributed by atoms with E-state index in [9.17, 15) is 29.7 Å². The van der Waals surface area contributed by atoms with Crippen LogP contribution in [0.4, 0.5) is 4.79 Å². The van der Waals surface area contributed by atoms with Gasteiger partial charge >= 0.3 is 18.1 Å².